The lowest BCUT2D eigenvalue weighted by atomic mass is 9.93. The maximum absolute atomic E-state index is 12.0. The van der Waals surface area contributed by atoms with Crippen molar-refractivity contribution in [3.8, 4) is 0 Å². The molecular formula is C13H22N2O3. The van der Waals surface area contributed by atoms with Gasteiger partial charge in [0.15, 0.2) is 0 Å². The molecule has 1 saturated carbocycles. The molecule has 0 aromatic heterocycles. The molecule has 1 aliphatic heterocycles. The summed E-state index contributed by atoms with van der Waals surface area (Å²) in [5, 5.41) is 8.73. The Kier molecular flexibility index (Phi) is 4.22. The van der Waals surface area contributed by atoms with Crippen molar-refractivity contribution < 1.29 is 14.7 Å². The average molecular weight is 254 g/mol. The molecule has 0 aromatic carbocycles. The first-order valence-electron chi connectivity index (χ1n) is 6.81. The molecule has 0 bridgehead atoms. The number of aliphatic carboxylic acids is 1. The molecular weight excluding hydrogens is 232 g/mol. The van der Waals surface area contributed by atoms with Crippen LogP contribution in [0.25, 0.3) is 0 Å². The van der Waals surface area contributed by atoms with Crippen molar-refractivity contribution >= 4 is 11.9 Å². The molecule has 2 rings (SSSR count). The van der Waals surface area contributed by atoms with Crippen molar-refractivity contribution in [2.24, 2.45) is 17.6 Å². The van der Waals surface area contributed by atoms with Crippen LogP contribution in [0.2, 0.25) is 0 Å². The van der Waals surface area contributed by atoms with Crippen molar-refractivity contribution in [1.29, 1.82) is 0 Å². The van der Waals surface area contributed by atoms with Crippen LogP contribution in [0, 0.1) is 11.8 Å². The third-order valence-corrected chi connectivity index (χ3v) is 4.07. The first kappa shape index (κ1) is 13.3. The van der Waals surface area contributed by atoms with E-state index in [0.717, 1.165) is 25.7 Å². The molecule has 3 N–H and O–H groups in total. The Morgan fingerprint density at radius 3 is 2.33 bits per heavy atom. The van der Waals surface area contributed by atoms with Gasteiger partial charge < -0.3 is 15.7 Å². The number of nitrogens with two attached hydrogens (primary N) is 1. The van der Waals surface area contributed by atoms with Gasteiger partial charge in [-0.05, 0) is 37.5 Å². The van der Waals surface area contributed by atoms with Gasteiger partial charge >= 0.3 is 5.97 Å². The summed E-state index contributed by atoms with van der Waals surface area (Å²) in [4.78, 5) is 24.5. The smallest absolute Gasteiger partial charge is 0.303 e. The Labute approximate surface area is 107 Å². The standard InChI is InChI=1S/C13H22N2O3/c14-11(10-1-2-10)8-12(16)15-5-3-9(4-6-15)7-13(17)18/h9-11H,1-8,14H2,(H,17,18). The molecule has 1 unspecified atom stereocenters. The van der Waals surface area contributed by atoms with E-state index in [1.54, 1.807) is 0 Å². The molecule has 2 aliphatic rings. The van der Waals surface area contributed by atoms with E-state index in [-0.39, 0.29) is 24.3 Å². The lowest BCUT2D eigenvalue weighted by molar-refractivity contribution is -0.138. The fraction of sp³-hybridized carbons (Fsp3) is 0.846. The summed E-state index contributed by atoms with van der Waals surface area (Å²) in [6, 6.07) is 0.0224. The van der Waals surface area contributed by atoms with Crippen LogP contribution < -0.4 is 5.73 Å². The van der Waals surface area contributed by atoms with Gasteiger partial charge in [-0.15, -0.1) is 0 Å². The Bertz CT molecular complexity index is 320. The predicted molar refractivity (Wildman–Crippen MR) is 66.9 cm³/mol. The van der Waals surface area contributed by atoms with E-state index >= 15 is 0 Å². The predicted octanol–water partition coefficient (Wildman–Crippen LogP) is 0.827. The van der Waals surface area contributed by atoms with E-state index in [0.29, 0.717) is 25.4 Å². The number of hydrogen-bond acceptors (Lipinski definition) is 3. The first-order valence-corrected chi connectivity index (χ1v) is 6.81. The molecule has 1 atom stereocenters. The highest BCUT2D eigenvalue weighted by Gasteiger charge is 2.32. The van der Waals surface area contributed by atoms with Crippen LogP contribution in [0.15, 0.2) is 0 Å². The highest BCUT2D eigenvalue weighted by Crippen LogP contribution is 2.33. The molecule has 0 radical (unpaired) electrons. The summed E-state index contributed by atoms with van der Waals surface area (Å²) in [6.45, 7) is 1.38. The van der Waals surface area contributed by atoms with Crippen molar-refractivity contribution in [2.75, 3.05) is 13.1 Å². The average Bonchev–Trinajstić information content (AvgIpc) is 3.12. The maximum atomic E-state index is 12.0. The summed E-state index contributed by atoms with van der Waals surface area (Å²) in [6.07, 6.45) is 4.61. The zero-order chi connectivity index (χ0) is 13.1. The molecule has 0 spiro atoms. The number of carbonyl (C=O) groups is 2. The Hall–Kier alpha value is -1.10. The van der Waals surface area contributed by atoms with Gasteiger partial charge in [0.2, 0.25) is 5.91 Å². The molecule has 5 nitrogen and oxygen atoms in total. The highest BCUT2D eigenvalue weighted by atomic mass is 16.4. The largest absolute Gasteiger partial charge is 0.481 e. The van der Waals surface area contributed by atoms with Gasteiger partial charge in [-0.1, -0.05) is 0 Å². The number of amides is 1. The third kappa shape index (κ3) is 3.70. The minimum absolute atomic E-state index is 0.0224. The molecule has 1 amide bonds. The summed E-state index contributed by atoms with van der Waals surface area (Å²) < 4.78 is 0. The number of hydrogen-bond donors (Lipinski definition) is 2. The lowest BCUT2D eigenvalue weighted by Gasteiger charge is -2.32. The van der Waals surface area contributed by atoms with Crippen molar-refractivity contribution in [2.45, 2.75) is 44.6 Å². The molecule has 1 saturated heterocycles. The molecule has 1 aliphatic carbocycles. The molecule has 18 heavy (non-hydrogen) atoms. The summed E-state index contributed by atoms with van der Waals surface area (Å²) in [5.74, 6) is 0.181. The second-order valence-electron chi connectivity index (χ2n) is 5.63. The number of nitrogens with zero attached hydrogens (tertiary/aromatic N) is 1. The zero-order valence-corrected chi connectivity index (χ0v) is 10.7. The van der Waals surface area contributed by atoms with E-state index in [9.17, 15) is 9.59 Å². The van der Waals surface area contributed by atoms with Crippen molar-refractivity contribution in [3.63, 3.8) is 0 Å². The van der Waals surface area contributed by atoms with E-state index < -0.39 is 5.97 Å². The number of carboxylic acid groups (broad SMARTS) is 1. The second-order valence-corrected chi connectivity index (χ2v) is 5.63. The van der Waals surface area contributed by atoms with E-state index in [1.165, 1.54) is 0 Å². The normalized spacial score (nSPS) is 22.8. The lowest BCUT2D eigenvalue weighted by Crippen LogP contribution is -2.41. The number of likely N-dealkylation sites (tertiary alicyclic amines) is 1. The van der Waals surface area contributed by atoms with Crippen LogP contribution in [0.5, 0.6) is 0 Å². The van der Waals surface area contributed by atoms with Gasteiger partial charge in [0.1, 0.15) is 0 Å². The highest BCUT2D eigenvalue weighted by molar-refractivity contribution is 5.77. The van der Waals surface area contributed by atoms with Gasteiger partial charge in [-0.2, -0.15) is 0 Å². The second kappa shape index (κ2) is 5.69. The number of piperidine rings is 1. The Balaban J connectivity index is 1.71. The van der Waals surface area contributed by atoms with Gasteiger partial charge in [-0.25, -0.2) is 0 Å². The van der Waals surface area contributed by atoms with Crippen molar-refractivity contribution in [1.82, 2.24) is 4.90 Å². The molecule has 1 heterocycles. The number of carboxylic acids is 1. The molecule has 0 aromatic rings. The van der Waals surface area contributed by atoms with E-state index in [4.69, 9.17) is 10.8 Å². The topological polar surface area (TPSA) is 83.6 Å². The summed E-state index contributed by atoms with van der Waals surface area (Å²) >= 11 is 0. The first-order chi connectivity index (χ1) is 8.56. The van der Waals surface area contributed by atoms with Crippen LogP contribution in [0.3, 0.4) is 0 Å². The molecule has 5 heteroatoms. The van der Waals surface area contributed by atoms with Crippen LogP contribution >= 0.6 is 0 Å². The maximum Gasteiger partial charge on any atom is 0.303 e. The van der Waals surface area contributed by atoms with E-state index in [2.05, 4.69) is 0 Å². The Morgan fingerprint density at radius 1 is 1.22 bits per heavy atom. The quantitative estimate of drug-likeness (QED) is 0.761. The molecule has 2 fully saturated rings. The number of rotatable bonds is 5. The Morgan fingerprint density at radius 2 is 1.83 bits per heavy atom. The van der Waals surface area contributed by atoms with Crippen LogP contribution in [0.1, 0.15) is 38.5 Å². The fourth-order valence-corrected chi connectivity index (χ4v) is 2.66. The van der Waals surface area contributed by atoms with Crippen LogP contribution in [0.4, 0.5) is 0 Å². The van der Waals surface area contributed by atoms with Gasteiger partial charge in [0, 0.05) is 32.0 Å². The van der Waals surface area contributed by atoms with Crippen LogP contribution in [-0.2, 0) is 9.59 Å². The van der Waals surface area contributed by atoms with Crippen LogP contribution in [-0.4, -0.2) is 41.0 Å². The van der Waals surface area contributed by atoms with Gasteiger partial charge in [0.25, 0.3) is 0 Å². The third-order valence-electron chi connectivity index (χ3n) is 4.07. The molecule has 102 valence electrons. The fourth-order valence-electron chi connectivity index (χ4n) is 2.66. The number of carbonyl (C=O) groups excluding carboxylic acids is 1. The summed E-state index contributed by atoms with van der Waals surface area (Å²) in [7, 11) is 0. The van der Waals surface area contributed by atoms with Gasteiger partial charge in [0.05, 0.1) is 0 Å². The minimum atomic E-state index is -0.740. The monoisotopic (exact) mass is 254 g/mol. The van der Waals surface area contributed by atoms with Gasteiger partial charge in [-0.3, -0.25) is 9.59 Å². The SMILES string of the molecule is NC(CC(=O)N1CCC(CC(=O)O)CC1)C1CC1. The summed E-state index contributed by atoms with van der Waals surface area (Å²) in [5.41, 5.74) is 5.95. The van der Waals surface area contributed by atoms with E-state index in [1.807, 2.05) is 4.90 Å². The minimum Gasteiger partial charge on any atom is -0.481 e. The zero-order valence-electron chi connectivity index (χ0n) is 10.7. The van der Waals surface area contributed by atoms with Crippen molar-refractivity contribution in [3.05, 3.63) is 0 Å².